The van der Waals surface area contributed by atoms with Crippen molar-refractivity contribution in [1.29, 1.82) is 0 Å². The zero-order valence-electron chi connectivity index (χ0n) is 13.3. The molecule has 1 aromatic carbocycles. The van der Waals surface area contributed by atoms with Crippen molar-refractivity contribution in [3.8, 4) is 0 Å². The Morgan fingerprint density at radius 2 is 2.00 bits per heavy atom. The van der Waals surface area contributed by atoms with Gasteiger partial charge in [0.15, 0.2) is 0 Å². The third-order valence-electron chi connectivity index (χ3n) is 4.67. The van der Waals surface area contributed by atoms with Crippen molar-refractivity contribution in [2.75, 3.05) is 6.54 Å². The average Bonchev–Trinajstić information content (AvgIpc) is 2.48. The van der Waals surface area contributed by atoms with E-state index < -0.39 is 0 Å². The first-order chi connectivity index (χ1) is 9.79. The zero-order chi connectivity index (χ0) is 14.2. The summed E-state index contributed by atoms with van der Waals surface area (Å²) in [5.41, 5.74) is 2.86. The third kappa shape index (κ3) is 4.94. The number of hydrogen-bond acceptors (Lipinski definition) is 1. The van der Waals surface area contributed by atoms with Crippen LogP contribution >= 0.6 is 0 Å². The van der Waals surface area contributed by atoms with E-state index in [9.17, 15) is 0 Å². The maximum atomic E-state index is 3.75. The lowest BCUT2D eigenvalue weighted by Gasteiger charge is -2.25. The number of aryl methyl sites for hydroxylation is 1. The number of rotatable bonds is 7. The Morgan fingerprint density at radius 1 is 1.20 bits per heavy atom. The summed E-state index contributed by atoms with van der Waals surface area (Å²) in [5.74, 6) is 0.986. The number of nitrogens with one attached hydrogen (secondary N) is 1. The first-order valence-electron chi connectivity index (χ1n) is 8.59. The van der Waals surface area contributed by atoms with Crippen LogP contribution in [-0.4, -0.2) is 6.54 Å². The van der Waals surface area contributed by atoms with E-state index in [1.165, 1.54) is 62.5 Å². The summed E-state index contributed by atoms with van der Waals surface area (Å²) in [6, 6.07) is 9.60. The van der Waals surface area contributed by atoms with Crippen molar-refractivity contribution in [3.63, 3.8) is 0 Å². The van der Waals surface area contributed by atoms with Gasteiger partial charge < -0.3 is 5.32 Å². The van der Waals surface area contributed by atoms with E-state index in [1.807, 2.05) is 0 Å². The average molecular weight is 273 g/mol. The van der Waals surface area contributed by atoms with Gasteiger partial charge in [-0.15, -0.1) is 0 Å². The van der Waals surface area contributed by atoms with E-state index in [0.717, 1.165) is 12.5 Å². The second kappa shape index (κ2) is 8.46. The van der Waals surface area contributed by atoms with Crippen molar-refractivity contribution < 1.29 is 0 Å². The number of benzene rings is 1. The molecule has 1 nitrogen and oxygen atoms in total. The third-order valence-corrected chi connectivity index (χ3v) is 4.67. The smallest absolute Gasteiger partial charge is 0.0320 e. The topological polar surface area (TPSA) is 12.0 Å². The molecule has 1 heteroatoms. The van der Waals surface area contributed by atoms with Crippen molar-refractivity contribution in [2.24, 2.45) is 5.92 Å². The largest absolute Gasteiger partial charge is 0.310 e. The molecule has 1 N–H and O–H groups in total. The van der Waals surface area contributed by atoms with Crippen LogP contribution in [-0.2, 0) is 0 Å². The first kappa shape index (κ1) is 15.6. The summed E-state index contributed by atoms with van der Waals surface area (Å²) >= 11 is 0. The van der Waals surface area contributed by atoms with Gasteiger partial charge in [0, 0.05) is 6.04 Å². The van der Waals surface area contributed by atoms with E-state index in [1.54, 1.807) is 0 Å². The Labute approximate surface area is 125 Å². The van der Waals surface area contributed by atoms with Crippen LogP contribution < -0.4 is 5.32 Å². The second-order valence-corrected chi connectivity index (χ2v) is 6.50. The van der Waals surface area contributed by atoms with Gasteiger partial charge in [0.1, 0.15) is 0 Å². The monoisotopic (exact) mass is 273 g/mol. The quantitative estimate of drug-likeness (QED) is 0.701. The molecule has 1 fully saturated rings. The van der Waals surface area contributed by atoms with Crippen LogP contribution in [0, 0.1) is 12.8 Å². The summed E-state index contributed by atoms with van der Waals surface area (Å²) in [4.78, 5) is 0. The van der Waals surface area contributed by atoms with Gasteiger partial charge in [-0.3, -0.25) is 0 Å². The van der Waals surface area contributed by atoms with Crippen LogP contribution in [0.1, 0.15) is 75.5 Å². The molecule has 0 aliphatic heterocycles. The van der Waals surface area contributed by atoms with Crippen molar-refractivity contribution in [1.82, 2.24) is 5.32 Å². The summed E-state index contributed by atoms with van der Waals surface area (Å²) < 4.78 is 0. The molecule has 1 saturated carbocycles. The Kier molecular flexibility index (Phi) is 6.59. The molecule has 2 rings (SSSR count). The van der Waals surface area contributed by atoms with Crippen LogP contribution in [0.5, 0.6) is 0 Å². The highest BCUT2D eigenvalue weighted by molar-refractivity contribution is 5.25. The Bertz CT molecular complexity index is 379. The van der Waals surface area contributed by atoms with Gasteiger partial charge >= 0.3 is 0 Å². The fourth-order valence-corrected chi connectivity index (χ4v) is 3.47. The molecule has 1 aliphatic rings. The Hall–Kier alpha value is -0.820. The maximum absolute atomic E-state index is 3.75. The fourth-order valence-electron chi connectivity index (χ4n) is 3.47. The lowest BCUT2D eigenvalue weighted by Crippen LogP contribution is -2.23. The lowest BCUT2D eigenvalue weighted by molar-refractivity contribution is 0.314. The SMILES string of the molecule is CCCNC(CCC1CCCCC1)c1cccc(C)c1. The molecule has 0 bridgehead atoms. The van der Waals surface area contributed by atoms with E-state index in [-0.39, 0.29) is 0 Å². The molecule has 20 heavy (non-hydrogen) atoms. The van der Waals surface area contributed by atoms with Gasteiger partial charge in [0.05, 0.1) is 0 Å². The minimum atomic E-state index is 0.553. The molecule has 112 valence electrons. The Morgan fingerprint density at radius 3 is 2.70 bits per heavy atom. The standard InChI is InChI=1S/C19H31N/c1-3-14-20-19(18-11-7-8-16(2)15-18)13-12-17-9-5-4-6-10-17/h7-8,11,15,17,19-20H,3-6,9-10,12-14H2,1-2H3. The van der Waals surface area contributed by atoms with Crippen molar-refractivity contribution in [3.05, 3.63) is 35.4 Å². The molecule has 0 radical (unpaired) electrons. The predicted molar refractivity (Wildman–Crippen MR) is 88.0 cm³/mol. The highest BCUT2D eigenvalue weighted by atomic mass is 14.9. The fraction of sp³-hybridized carbons (Fsp3) is 0.684. The van der Waals surface area contributed by atoms with E-state index in [0.29, 0.717) is 6.04 Å². The molecular weight excluding hydrogens is 242 g/mol. The molecule has 0 amide bonds. The van der Waals surface area contributed by atoms with Crippen LogP contribution in [0.2, 0.25) is 0 Å². The van der Waals surface area contributed by atoms with Crippen LogP contribution in [0.3, 0.4) is 0 Å². The lowest BCUT2D eigenvalue weighted by atomic mass is 9.84. The molecule has 1 aromatic rings. The van der Waals surface area contributed by atoms with Crippen molar-refractivity contribution >= 4 is 0 Å². The molecule has 0 aromatic heterocycles. The van der Waals surface area contributed by atoms with Crippen molar-refractivity contribution in [2.45, 2.75) is 71.3 Å². The Balaban J connectivity index is 1.92. The minimum Gasteiger partial charge on any atom is -0.310 e. The van der Waals surface area contributed by atoms with Gasteiger partial charge in [0.25, 0.3) is 0 Å². The van der Waals surface area contributed by atoms with Crippen LogP contribution in [0.4, 0.5) is 0 Å². The van der Waals surface area contributed by atoms with Gasteiger partial charge in [0.2, 0.25) is 0 Å². The summed E-state index contributed by atoms with van der Waals surface area (Å²) in [6.45, 7) is 5.58. The van der Waals surface area contributed by atoms with E-state index in [2.05, 4.69) is 43.4 Å². The van der Waals surface area contributed by atoms with E-state index in [4.69, 9.17) is 0 Å². The van der Waals surface area contributed by atoms with Gasteiger partial charge in [-0.2, -0.15) is 0 Å². The molecule has 0 saturated heterocycles. The predicted octanol–water partition coefficient (Wildman–Crippen LogP) is 5.40. The molecule has 1 aliphatic carbocycles. The van der Waals surface area contributed by atoms with Crippen LogP contribution in [0.25, 0.3) is 0 Å². The molecule has 1 atom stereocenters. The summed E-state index contributed by atoms with van der Waals surface area (Å²) in [5, 5.41) is 3.75. The first-order valence-corrected chi connectivity index (χ1v) is 8.59. The van der Waals surface area contributed by atoms with Gasteiger partial charge in [-0.1, -0.05) is 68.9 Å². The van der Waals surface area contributed by atoms with Crippen LogP contribution in [0.15, 0.2) is 24.3 Å². The van der Waals surface area contributed by atoms with Gasteiger partial charge in [-0.05, 0) is 44.2 Å². The van der Waals surface area contributed by atoms with Gasteiger partial charge in [-0.25, -0.2) is 0 Å². The highest BCUT2D eigenvalue weighted by Gasteiger charge is 2.17. The molecule has 0 heterocycles. The molecule has 1 unspecified atom stereocenters. The normalized spacial score (nSPS) is 18.1. The summed E-state index contributed by atoms with van der Waals surface area (Å²) in [7, 11) is 0. The van der Waals surface area contributed by atoms with E-state index >= 15 is 0 Å². The molecular formula is C19H31N. The highest BCUT2D eigenvalue weighted by Crippen LogP contribution is 2.30. The molecule has 0 spiro atoms. The second-order valence-electron chi connectivity index (χ2n) is 6.50. The minimum absolute atomic E-state index is 0.553. The zero-order valence-corrected chi connectivity index (χ0v) is 13.3. The maximum Gasteiger partial charge on any atom is 0.0320 e. The number of hydrogen-bond donors (Lipinski definition) is 1. The summed E-state index contributed by atoms with van der Waals surface area (Å²) in [6.07, 6.45) is 11.2.